The van der Waals surface area contributed by atoms with Crippen LogP contribution in [0, 0.1) is 0 Å². The van der Waals surface area contributed by atoms with E-state index in [4.69, 9.17) is 9.47 Å². The molecule has 0 aromatic rings. The molecule has 1 fully saturated rings. The highest BCUT2D eigenvalue weighted by atomic mass is 16.6. The van der Waals surface area contributed by atoms with Gasteiger partial charge in [0.1, 0.15) is 24.4 Å². The lowest BCUT2D eigenvalue weighted by Gasteiger charge is -2.37. The van der Waals surface area contributed by atoms with Crippen LogP contribution in [0.2, 0.25) is 0 Å². The van der Waals surface area contributed by atoms with Crippen molar-refractivity contribution in [2.75, 3.05) is 19.8 Å². The van der Waals surface area contributed by atoms with Gasteiger partial charge in [-0.05, 0) is 19.3 Å². The third kappa shape index (κ3) is 7.20. The summed E-state index contributed by atoms with van der Waals surface area (Å²) in [5, 5.41) is 28.7. The second-order valence-corrected chi connectivity index (χ2v) is 5.91. The van der Waals surface area contributed by atoms with E-state index in [9.17, 15) is 15.3 Å². The summed E-state index contributed by atoms with van der Waals surface area (Å²) < 4.78 is 10.8. The van der Waals surface area contributed by atoms with Gasteiger partial charge in [-0.2, -0.15) is 0 Å². The molecule has 0 unspecified atom stereocenters. The van der Waals surface area contributed by atoms with Crippen molar-refractivity contribution in [1.82, 2.24) is 0 Å². The van der Waals surface area contributed by atoms with Gasteiger partial charge in [0.15, 0.2) is 0 Å². The van der Waals surface area contributed by atoms with Crippen molar-refractivity contribution in [2.45, 2.75) is 76.3 Å². The van der Waals surface area contributed by atoms with Crippen LogP contribution < -0.4 is 0 Å². The van der Waals surface area contributed by atoms with Gasteiger partial charge in [0.2, 0.25) is 0 Å². The van der Waals surface area contributed by atoms with Gasteiger partial charge in [0, 0.05) is 0 Å². The Balaban J connectivity index is 2.11. The van der Waals surface area contributed by atoms with Crippen LogP contribution in [-0.2, 0) is 9.47 Å². The second-order valence-electron chi connectivity index (χ2n) is 5.91. The highest BCUT2D eigenvalue weighted by Crippen LogP contribution is 2.18. The maximum Gasteiger partial charge on any atom is 0.114 e. The van der Waals surface area contributed by atoms with E-state index in [1.807, 2.05) is 0 Å². The molecule has 1 rings (SSSR count). The number of unbranched alkanes of at least 4 members (excludes halogenated alkanes) is 5. The van der Waals surface area contributed by atoms with Crippen LogP contribution in [0.1, 0.15) is 51.9 Å². The maximum absolute atomic E-state index is 9.90. The smallest absolute Gasteiger partial charge is 0.114 e. The Morgan fingerprint density at radius 1 is 1.09 bits per heavy atom. The molecule has 1 aliphatic heterocycles. The molecular formula is C17H32O5. The Morgan fingerprint density at radius 2 is 1.82 bits per heavy atom. The Bertz CT molecular complexity index is 293. The van der Waals surface area contributed by atoms with Crippen LogP contribution in [0.3, 0.4) is 0 Å². The van der Waals surface area contributed by atoms with Gasteiger partial charge in [-0.25, -0.2) is 0 Å². The van der Waals surface area contributed by atoms with Crippen LogP contribution in [0.5, 0.6) is 0 Å². The molecule has 5 heteroatoms. The summed E-state index contributed by atoms with van der Waals surface area (Å²) in [6, 6.07) is 0. The second kappa shape index (κ2) is 12.0. The molecule has 1 heterocycles. The van der Waals surface area contributed by atoms with Crippen molar-refractivity contribution in [1.29, 1.82) is 0 Å². The minimum absolute atomic E-state index is 0.0319. The van der Waals surface area contributed by atoms with E-state index >= 15 is 0 Å². The summed E-state index contributed by atoms with van der Waals surface area (Å²) >= 11 is 0. The van der Waals surface area contributed by atoms with E-state index in [2.05, 4.69) is 19.1 Å². The van der Waals surface area contributed by atoms with E-state index < -0.39 is 24.4 Å². The average molecular weight is 316 g/mol. The first-order chi connectivity index (χ1) is 10.7. The average Bonchev–Trinajstić information content (AvgIpc) is 2.53. The molecule has 4 atom stereocenters. The van der Waals surface area contributed by atoms with Crippen LogP contribution in [0.25, 0.3) is 0 Å². The van der Waals surface area contributed by atoms with Crippen LogP contribution >= 0.6 is 0 Å². The Morgan fingerprint density at radius 3 is 2.55 bits per heavy atom. The van der Waals surface area contributed by atoms with Crippen molar-refractivity contribution >= 4 is 0 Å². The van der Waals surface area contributed by atoms with Gasteiger partial charge in [0.25, 0.3) is 0 Å². The number of allylic oxidation sites excluding steroid dienone is 1. The Labute approximate surface area is 133 Å². The van der Waals surface area contributed by atoms with Gasteiger partial charge in [0.05, 0.1) is 19.8 Å². The molecule has 0 radical (unpaired) electrons. The lowest BCUT2D eigenvalue weighted by atomic mass is 10.0. The summed E-state index contributed by atoms with van der Waals surface area (Å²) in [6.45, 7) is 2.47. The van der Waals surface area contributed by atoms with Crippen LogP contribution in [-0.4, -0.2) is 59.6 Å². The SMILES string of the molecule is CCCCCCC/C=C/CCO[C@H]1[C@H](O)[C@@H](O)CO[C@@H]1CO. The normalized spacial score (nSPS) is 29.3. The van der Waals surface area contributed by atoms with Crippen molar-refractivity contribution in [3.05, 3.63) is 12.2 Å². The van der Waals surface area contributed by atoms with Gasteiger partial charge < -0.3 is 24.8 Å². The summed E-state index contributed by atoms with van der Waals surface area (Å²) in [7, 11) is 0. The molecule has 0 aromatic heterocycles. The van der Waals surface area contributed by atoms with Gasteiger partial charge in [-0.15, -0.1) is 0 Å². The number of aliphatic hydroxyl groups is 3. The Hall–Kier alpha value is -0.460. The zero-order chi connectivity index (χ0) is 16.2. The Kier molecular flexibility index (Phi) is 10.7. The summed E-state index contributed by atoms with van der Waals surface area (Å²) in [4.78, 5) is 0. The van der Waals surface area contributed by atoms with Gasteiger partial charge >= 0.3 is 0 Å². The predicted octanol–water partition coefficient (Wildman–Crippen LogP) is 1.79. The first-order valence-electron chi connectivity index (χ1n) is 8.55. The third-order valence-corrected chi connectivity index (χ3v) is 3.99. The fraction of sp³-hybridized carbons (Fsp3) is 0.882. The number of hydrogen-bond acceptors (Lipinski definition) is 5. The first-order valence-corrected chi connectivity index (χ1v) is 8.55. The molecule has 0 bridgehead atoms. The van der Waals surface area contributed by atoms with Gasteiger partial charge in [-0.1, -0.05) is 44.8 Å². The lowest BCUT2D eigenvalue weighted by Crippen LogP contribution is -2.55. The minimum Gasteiger partial charge on any atom is -0.394 e. The zero-order valence-corrected chi connectivity index (χ0v) is 13.7. The molecule has 0 spiro atoms. The standard InChI is InChI=1S/C17H32O5/c1-2-3-4-5-6-7-8-9-10-11-21-17-15(12-18)22-13-14(19)16(17)20/h8-9,14-20H,2-7,10-13H2,1H3/b9-8+/t14-,15+,16+,17+/m0/s1. The third-order valence-electron chi connectivity index (χ3n) is 3.99. The molecule has 130 valence electrons. The van der Waals surface area contributed by atoms with Gasteiger partial charge in [-0.3, -0.25) is 0 Å². The topological polar surface area (TPSA) is 79.2 Å². The molecule has 1 aliphatic rings. The van der Waals surface area contributed by atoms with E-state index in [0.717, 1.165) is 12.8 Å². The first kappa shape index (κ1) is 19.6. The van der Waals surface area contributed by atoms with Crippen molar-refractivity contribution in [2.24, 2.45) is 0 Å². The monoisotopic (exact) mass is 316 g/mol. The molecule has 3 N–H and O–H groups in total. The fourth-order valence-corrected chi connectivity index (χ4v) is 2.59. The highest BCUT2D eigenvalue weighted by molar-refractivity contribution is 4.88. The van der Waals surface area contributed by atoms with Crippen LogP contribution in [0.15, 0.2) is 12.2 Å². The predicted molar refractivity (Wildman–Crippen MR) is 85.7 cm³/mol. The highest BCUT2D eigenvalue weighted by Gasteiger charge is 2.39. The fourth-order valence-electron chi connectivity index (χ4n) is 2.59. The van der Waals surface area contributed by atoms with Crippen molar-refractivity contribution < 1.29 is 24.8 Å². The van der Waals surface area contributed by atoms with E-state index in [1.54, 1.807) is 0 Å². The zero-order valence-electron chi connectivity index (χ0n) is 13.7. The number of rotatable bonds is 11. The van der Waals surface area contributed by atoms with Crippen molar-refractivity contribution in [3.63, 3.8) is 0 Å². The number of hydrogen-bond donors (Lipinski definition) is 3. The largest absolute Gasteiger partial charge is 0.394 e. The minimum atomic E-state index is -1.01. The molecule has 5 nitrogen and oxygen atoms in total. The molecule has 0 aliphatic carbocycles. The molecule has 22 heavy (non-hydrogen) atoms. The van der Waals surface area contributed by atoms with Crippen LogP contribution in [0.4, 0.5) is 0 Å². The number of aliphatic hydroxyl groups excluding tert-OH is 3. The number of ether oxygens (including phenoxy) is 2. The van der Waals surface area contributed by atoms with E-state index in [-0.39, 0.29) is 13.2 Å². The lowest BCUT2D eigenvalue weighted by molar-refractivity contribution is -0.211. The quantitative estimate of drug-likeness (QED) is 0.400. The summed E-state index contributed by atoms with van der Waals surface area (Å²) in [5.74, 6) is 0. The van der Waals surface area contributed by atoms with E-state index in [0.29, 0.717) is 6.61 Å². The molecular weight excluding hydrogens is 284 g/mol. The molecule has 1 saturated heterocycles. The maximum atomic E-state index is 9.90. The van der Waals surface area contributed by atoms with E-state index in [1.165, 1.54) is 32.1 Å². The molecule has 0 saturated carbocycles. The summed E-state index contributed by atoms with van der Waals surface area (Å²) in [5.41, 5.74) is 0. The molecule has 0 amide bonds. The van der Waals surface area contributed by atoms with Crippen molar-refractivity contribution in [3.8, 4) is 0 Å². The summed E-state index contributed by atoms with van der Waals surface area (Å²) in [6.07, 6.45) is 9.33. The molecule has 0 aromatic carbocycles.